The van der Waals surface area contributed by atoms with E-state index in [0.29, 0.717) is 22.5 Å². The van der Waals surface area contributed by atoms with Crippen LogP contribution in [0.5, 0.6) is 0 Å². The van der Waals surface area contributed by atoms with Gasteiger partial charge in [0.25, 0.3) is 5.91 Å². The molecule has 2 atom stereocenters. The monoisotopic (exact) mass is 372 g/mol. The molecule has 0 unspecified atom stereocenters. The number of nitrogens with one attached hydrogen (secondary N) is 2. The third kappa shape index (κ3) is 3.64. The highest BCUT2D eigenvalue weighted by atomic mass is 35.5. The van der Waals surface area contributed by atoms with Gasteiger partial charge in [-0.1, -0.05) is 30.2 Å². The maximum absolute atomic E-state index is 12.8. The Hall–Kier alpha value is -1.85. The van der Waals surface area contributed by atoms with E-state index in [1.165, 1.54) is 45.2 Å². The van der Waals surface area contributed by atoms with E-state index in [1.54, 1.807) is 6.20 Å². The lowest BCUT2D eigenvalue weighted by Crippen LogP contribution is -2.51. The maximum Gasteiger partial charge on any atom is 0.255 e. The molecule has 2 aliphatic rings. The topological polar surface area (TPSA) is 61.0 Å². The predicted octanol–water partition coefficient (Wildman–Crippen LogP) is 3.72. The average molecular weight is 373 g/mol. The van der Waals surface area contributed by atoms with E-state index in [2.05, 4.69) is 20.4 Å². The van der Waals surface area contributed by atoms with E-state index >= 15 is 0 Å². The Kier molecular flexibility index (Phi) is 5.27. The first-order chi connectivity index (χ1) is 12.7. The van der Waals surface area contributed by atoms with Gasteiger partial charge in [0.05, 0.1) is 17.5 Å². The van der Waals surface area contributed by atoms with Gasteiger partial charge in [0.15, 0.2) is 0 Å². The van der Waals surface area contributed by atoms with Crippen molar-refractivity contribution in [1.29, 1.82) is 0 Å². The first kappa shape index (κ1) is 17.6. The third-order valence-corrected chi connectivity index (χ3v) is 6.02. The van der Waals surface area contributed by atoms with E-state index in [4.69, 9.17) is 11.6 Å². The first-order valence-corrected chi connectivity index (χ1v) is 9.92. The van der Waals surface area contributed by atoms with Crippen LogP contribution >= 0.6 is 11.6 Å². The molecule has 2 saturated heterocycles. The van der Waals surface area contributed by atoms with Gasteiger partial charge in [0.1, 0.15) is 0 Å². The molecule has 0 spiro atoms. The highest BCUT2D eigenvalue weighted by Crippen LogP contribution is 2.30. The van der Waals surface area contributed by atoms with Crippen LogP contribution in [0.1, 0.15) is 42.5 Å². The molecule has 1 aromatic carbocycles. The fraction of sp³-hybridized carbons (Fsp3) is 0.500. The van der Waals surface area contributed by atoms with Gasteiger partial charge < -0.3 is 10.2 Å². The van der Waals surface area contributed by atoms with Crippen LogP contribution in [0.2, 0.25) is 5.02 Å². The van der Waals surface area contributed by atoms with Crippen molar-refractivity contribution < 1.29 is 4.79 Å². The quantitative estimate of drug-likeness (QED) is 0.859. The van der Waals surface area contributed by atoms with Gasteiger partial charge in [-0.3, -0.25) is 9.89 Å². The Bertz CT molecular complexity index is 755. The molecule has 4 rings (SSSR count). The van der Waals surface area contributed by atoms with Crippen LogP contribution in [0.3, 0.4) is 0 Å². The number of H-pyrrole nitrogens is 1. The van der Waals surface area contributed by atoms with E-state index in [9.17, 15) is 4.79 Å². The maximum atomic E-state index is 12.8. The summed E-state index contributed by atoms with van der Waals surface area (Å²) in [6.45, 7) is 3.18. The highest BCUT2D eigenvalue weighted by molar-refractivity contribution is 6.30. The Balaban J connectivity index is 1.43. The van der Waals surface area contributed by atoms with E-state index < -0.39 is 0 Å². The van der Waals surface area contributed by atoms with Crippen molar-refractivity contribution in [1.82, 2.24) is 20.4 Å². The standard InChI is InChI=1S/C20H25ClN4O/c21-16-8-6-14(7-9-16)19-17(13-23-24-19)20(26)22-12-15-4-3-11-25-10-2-1-5-18(15)25/h6-9,13,15,18H,1-5,10-12H2,(H,22,26)(H,23,24)/t15-,18+/m0/s1. The third-order valence-electron chi connectivity index (χ3n) is 5.77. The summed E-state index contributed by atoms with van der Waals surface area (Å²) in [5.41, 5.74) is 2.24. The molecule has 0 bridgehead atoms. The van der Waals surface area contributed by atoms with Gasteiger partial charge in [-0.05, 0) is 56.8 Å². The largest absolute Gasteiger partial charge is 0.352 e. The molecule has 2 fully saturated rings. The summed E-state index contributed by atoms with van der Waals surface area (Å²) in [5.74, 6) is 0.496. The number of amides is 1. The molecule has 6 heteroatoms. The minimum Gasteiger partial charge on any atom is -0.352 e. The van der Waals surface area contributed by atoms with Crippen LogP contribution < -0.4 is 5.32 Å². The fourth-order valence-electron chi connectivity index (χ4n) is 4.43. The zero-order valence-electron chi connectivity index (χ0n) is 14.9. The zero-order valence-corrected chi connectivity index (χ0v) is 15.6. The summed E-state index contributed by atoms with van der Waals surface area (Å²) in [5, 5.41) is 10.9. The number of piperidine rings is 2. The van der Waals surface area contributed by atoms with Crippen molar-refractivity contribution >= 4 is 17.5 Å². The van der Waals surface area contributed by atoms with Crippen LogP contribution in [-0.2, 0) is 0 Å². The number of halogens is 1. The van der Waals surface area contributed by atoms with Gasteiger partial charge in [-0.2, -0.15) is 5.10 Å². The molecule has 0 radical (unpaired) electrons. The lowest BCUT2D eigenvalue weighted by molar-refractivity contribution is 0.0576. The number of carbonyl (C=O) groups excluding carboxylic acids is 1. The summed E-state index contributed by atoms with van der Waals surface area (Å²) in [7, 11) is 0. The number of hydrogen-bond donors (Lipinski definition) is 2. The van der Waals surface area contributed by atoms with Crippen molar-refractivity contribution in [2.45, 2.75) is 38.1 Å². The van der Waals surface area contributed by atoms with Crippen molar-refractivity contribution in [2.24, 2.45) is 5.92 Å². The second-order valence-electron chi connectivity index (χ2n) is 7.38. The fourth-order valence-corrected chi connectivity index (χ4v) is 4.56. The van der Waals surface area contributed by atoms with Crippen LogP contribution in [0.4, 0.5) is 0 Å². The van der Waals surface area contributed by atoms with Crippen molar-refractivity contribution in [2.75, 3.05) is 19.6 Å². The Morgan fingerprint density at radius 3 is 2.85 bits per heavy atom. The molecule has 26 heavy (non-hydrogen) atoms. The lowest BCUT2D eigenvalue weighted by atomic mass is 9.83. The molecule has 0 saturated carbocycles. The Labute approximate surface area is 159 Å². The first-order valence-electron chi connectivity index (χ1n) is 9.54. The number of carbonyl (C=O) groups is 1. The Morgan fingerprint density at radius 1 is 1.19 bits per heavy atom. The van der Waals surface area contributed by atoms with Gasteiger partial charge in [0, 0.05) is 23.2 Å². The minimum atomic E-state index is -0.0587. The van der Waals surface area contributed by atoms with Gasteiger partial charge in [-0.15, -0.1) is 0 Å². The predicted molar refractivity (Wildman–Crippen MR) is 103 cm³/mol. The zero-order chi connectivity index (χ0) is 17.9. The lowest BCUT2D eigenvalue weighted by Gasteiger charge is -2.44. The number of hydrogen-bond acceptors (Lipinski definition) is 3. The number of nitrogens with zero attached hydrogens (tertiary/aromatic N) is 2. The van der Waals surface area contributed by atoms with E-state index in [-0.39, 0.29) is 5.91 Å². The number of fused-ring (bicyclic) bond motifs is 1. The molecular formula is C20H25ClN4O. The molecule has 2 aromatic rings. The van der Waals surface area contributed by atoms with Crippen LogP contribution in [0.15, 0.2) is 30.5 Å². The molecule has 2 aliphatic heterocycles. The highest BCUT2D eigenvalue weighted by Gasteiger charge is 2.33. The minimum absolute atomic E-state index is 0.0587. The number of benzene rings is 1. The molecule has 0 aliphatic carbocycles. The molecule has 3 heterocycles. The van der Waals surface area contributed by atoms with Crippen molar-refractivity contribution in [3.05, 3.63) is 41.0 Å². The molecule has 5 nitrogen and oxygen atoms in total. The second-order valence-corrected chi connectivity index (χ2v) is 7.81. The van der Waals surface area contributed by atoms with E-state index in [1.807, 2.05) is 24.3 Å². The van der Waals surface area contributed by atoms with Crippen LogP contribution in [0, 0.1) is 5.92 Å². The van der Waals surface area contributed by atoms with Gasteiger partial charge >= 0.3 is 0 Å². The van der Waals surface area contributed by atoms with E-state index in [0.717, 1.165) is 17.8 Å². The van der Waals surface area contributed by atoms with Crippen LogP contribution in [0.25, 0.3) is 11.3 Å². The number of aromatic nitrogens is 2. The summed E-state index contributed by atoms with van der Waals surface area (Å²) in [6, 6.07) is 8.07. The molecule has 2 N–H and O–H groups in total. The number of aromatic amines is 1. The number of rotatable bonds is 4. The average Bonchev–Trinajstić information content (AvgIpc) is 3.16. The summed E-state index contributed by atoms with van der Waals surface area (Å²) >= 11 is 5.96. The summed E-state index contributed by atoms with van der Waals surface area (Å²) in [6.07, 6.45) is 7.94. The Morgan fingerprint density at radius 2 is 2.00 bits per heavy atom. The van der Waals surface area contributed by atoms with Crippen molar-refractivity contribution in [3.8, 4) is 11.3 Å². The smallest absolute Gasteiger partial charge is 0.255 e. The van der Waals surface area contributed by atoms with Crippen LogP contribution in [-0.4, -0.2) is 46.7 Å². The molecular weight excluding hydrogens is 348 g/mol. The van der Waals surface area contributed by atoms with Gasteiger partial charge in [-0.25, -0.2) is 0 Å². The normalized spacial score (nSPS) is 23.4. The van der Waals surface area contributed by atoms with Crippen molar-refractivity contribution in [3.63, 3.8) is 0 Å². The molecule has 138 valence electrons. The summed E-state index contributed by atoms with van der Waals surface area (Å²) in [4.78, 5) is 15.4. The van der Waals surface area contributed by atoms with Gasteiger partial charge in [0.2, 0.25) is 0 Å². The summed E-state index contributed by atoms with van der Waals surface area (Å²) < 4.78 is 0. The SMILES string of the molecule is O=C(NC[C@@H]1CCCN2CCCC[C@H]12)c1cn[nH]c1-c1ccc(Cl)cc1. The second kappa shape index (κ2) is 7.80. The molecule has 1 amide bonds. The molecule has 1 aromatic heterocycles.